The normalized spacial score (nSPS) is 13.2. The maximum Gasteiger partial charge on any atom is 0.407 e. The second-order valence-electron chi connectivity index (χ2n) is 5.52. The first kappa shape index (κ1) is 14.8. The largest absolute Gasteiger partial charge is 0.465 e. The fraction of sp³-hybridized carbons (Fsp3) is 0.500. The van der Waals surface area contributed by atoms with Crippen LogP contribution in [-0.4, -0.2) is 28.2 Å². The summed E-state index contributed by atoms with van der Waals surface area (Å²) in [6, 6.07) is 7.56. The molecule has 1 aromatic carbocycles. The molecule has 0 aliphatic carbocycles. The Morgan fingerprint density at radius 1 is 1.44 bits per heavy atom. The van der Waals surface area contributed by atoms with E-state index in [1.54, 1.807) is 0 Å². The summed E-state index contributed by atoms with van der Waals surface area (Å²) in [5.41, 5.74) is 0.650. The maximum absolute atomic E-state index is 11.3. The Morgan fingerprint density at radius 2 is 2.06 bits per heavy atom. The lowest BCUT2D eigenvalue weighted by Gasteiger charge is -2.35. The average molecular weight is 270 g/mol. The number of halogens is 1. The summed E-state index contributed by atoms with van der Waals surface area (Å²) in [5.74, 6) is 0.110. The first-order valence-corrected chi connectivity index (χ1v) is 6.35. The Kier molecular flexibility index (Phi) is 4.63. The zero-order chi connectivity index (χ0) is 13.9. The van der Waals surface area contributed by atoms with Gasteiger partial charge in [0.2, 0.25) is 0 Å². The summed E-state index contributed by atoms with van der Waals surface area (Å²) in [7, 11) is 0. The molecule has 0 bridgehead atoms. The average Bonchev–Trinajstić information content (AvgIpc) is 2.23. The van der Waals surface area contributed by atoms with Crippen LogP contribution in [0.25, 0.3) is 0 Å². The van der Waals surface area contributed by atoms with Crippen LogP contribution in [0, 0.1) is 0 Å². The van der Waals surface area contributed by atoms with Crippen molar-refractivity contribution in [3.63, 3.8) is 0 Å². The monoisotopic (exact) mass is 269 g/mol. The van der Waals surface area contributed by atoms with Crippen molar-refractivity contribution in [2.75, 3.05) is 6.54 Å². The molecule has 1 N–H and O–H groups in total. The number of nitrogens with zero attached hydrogens (tertiary/aromatic N) is 1. The van der Waals surface area contributed by atoms with Crippen LogP contribution in [-0.2, 0) is 0 Å². The van der Waals surface area contributed by atoms with Gasteiger partial charge in [0.15, 0.2) is 0 Å². The molecule has 0 aromatic heterocycles. The number of hydrogen-bond donors (Lipinski definition) is 1. The van der Waals surface area contributed by atoms with E-state index in [0.29, 0.717) is 11.6 Å². The van der Waals surface area contributed by atoms with Gasteiger partial charge in [0.1, 0.15) is 0 Å². The third-order valence-electron chi connectivity index (χ3n) is 2.91. The molecule has 0 aliphatic heterocycles. The standard InChI is InChI=1S/C14H20ClNO2/c1-10(11-6-5-7-12(15)8-11)9-16(13(17)18)14(2,3)4/h5-8,10H,9H2,1-4H3,(H,17,18). The molecule has 1 aromatic rings. The maximum atomic E-state index is 11.3. The molecular formula is C14H20ClNO2. The highest BCUT2D eigenvalue weighted by Crippen LogP contribution is 2.23. The van der Waals surface area contributed by atoms with Crippen molar-refractivity contribution < 1.29 is 9.90 Å². The lowest BCUT2D eigenvalue weighted by molar-refractivity contribution is 0.0968. The van der Waals surface area contributed by atoms with E-state index in [0.717, 1.165) is 5.56 Å². The summed E-state index contributed by atoms with van der Waals surface area (Å²) in [6.07, 6.45) is -0.892. The van der Waals surface area contributed by atoms with Crippen molar-refractivity contribution in [3.05, 3.63) is 34.9 Å². The van der Waals surface area contributed by atoms with Crippen molar-refractivity contribution >= 4 is 17.7 Å². The van der Waals surface area contributed by atoms with E-state index in [1.165, 1.54) is 4.90 Å². The van der Waals surface area contributed by atoms with E-state index in [4.69, 9.17) is 11.6 Å². The van der Waals surface area contributed by atoms with Gasteiger partial charge in [-0.05, 0) is 44.4 Å². The molecule has 3 nitrogen and oxygen atoms in total. The van der Waals surface area contributed by atoms with Crippen molar-refractivity contribution in [1.29, 1.82) is 0 Å². The molecule has 0 aliphatic rings. The highest BCUT2D eigenvalue weighted by molar-refractivity contribution is 6.30. The number of carbonyl (C=O) groups is 1. The Bertz CT molecular complexity index is 426. The van der Waals surface area contributed by atoms with Gasteiger partial charge in [-0.3, -0.25) is 0 Å². The Morgan fingerprint density at radius 3 is 2.50 bits per heavy atom. The second kappa shape index (κ2) is 5.61. The van der Waals surface area contributed by atoms with Gasteiger partial charge in [-0.25, -0.2) is 4.79 Å². The Balaban J connectivity index is 2.85. The number of carboxylic acid groups (broad SMARTS) is 1. The molecule has 0 heterocycles. The van der Waals surface area contributed by atoms with E-state index in [1.807, 2.05) is 52.0 Å². The quantitative estimate of drug-likeness (QED) is 0.892. The van der Waals surface area contributed by atoms with E-state index in [9.17, 15) is 9.90 Å². The molecule has 0 fully saturated rings. The number of benzene rings is 1. The lowest BCUT2D eigenvalue weighted by atomic mass is 9.98. The summed E-state index contributed by atoms with van der Waals surface area (Å²) >= 11 is 5.95. The Hall–Kier alpha value is -1.22. The van der Waals surface area contributed by atoms with Crippen LogP contribution in [0.1, 0.15) is 39.2 Å². The molecule has 0 radical (unpaired) electrons. The summed E-state index contributed by atoms with van der Waals surface area (Å²) in [5, 5.41) is 9.94. The lowest BCUT2D eigenvalue weighted by Crippen LogP contribution is -2.46. The minimum absolute atomic E-state index is 0.110. The summed E-state index contributed by atoms with van der Waals surface area (Å²) in [4.78, 5) is 12.7. The molecule has 0 saturated carbocycles. The van der Waals surface area contributed by atoms with E-state index >= 15 is 0 Å². The fourth-order valence-corrected chi connectivity index (χ4v) is 2.03. The third-order valence-corrected chi connectivity index (χ3v) is 3.15. The van der Waals surface area contributed by atoms with E-state index in [-0.39, 0.29) is 5.92 Å². The molecule has 0 spiro atoms. The number of hydrogen-bond acceptors (Lipinski definition) is 1. The van der Waals surface area contributed by atoms with Gasteiger partial charge in [0.05, 0.1) is 0 Å². The first-order valence-electron chi connectivity index (χ1n) is 5.98. The smallest absolute Gasteiger partial charge is 0.407 e. The molecule has 1 rings (SSSR count). The zero-order valence-electron chi connectivity index (χ0n) is 11.3. The van der Waals surface area contributed by atoms with Gasteiger partial charge in [0.25, 0.3) is 0 Å². The molecule has 0 saturated heterocycles. The predicted octanol–water partition coefficient (Wildman–Crippen LogP) is 4.22. The van der Waals surface area contributed by atoms with Gasteiger partial charge in [-0.15, -0.1) is 0 Å². The van der Waals surface area contributed by atoms with Crippen LogP contribution < -0.4 is 0 Å². The summed E-state index contributed by atoms with van der Waals surface area (Å²) in [6.45, 7) is 8.15. The van der Waals surface area contributed by atoms with Crippen LogP contribution in [0.4, 0.5) is 4.79 Å². The zero-order valence-corrected chi connectivity index (χ0v) is 12.0. The molecule has 1 atom stereocenters. The van der Waals surface area contributed by atoms with Crippen LogP contribution in [0.15, 0.2) is 24.3 Å². The molecule has 4 heteroatoms. The van der Waals surface area contributed by atoms with Gasteiger partial charge in [-0.1, -0.05) is 30.7 Å². The highest BCUT2D eigenvalue weighted by Gasteiger charge is 2.27. The van der Waals surface area contributed by atoms with Crippen molar-refractivity contribution in [1.82, 2.24) is 4.90 Å². The molecular weight excluding hydrogens is 250 g/mol. The second-order valence-corrected chi connectivity index (χ2v) is 5.96. The molecule has 18 heavy (non-hydrogen) atoms. The van der Waals surface area contributed by atoms with Gasteiger partial charge in [-0.2, -0.15) is 0 Å². The first-order chi connectivity index (χ1) is 8.21. The Labute approximate surface area is 113 Å². The van der Waals surface area contributed by atoms with Gasteiger partial charge >= 0.3 is 6.09 Å². The van der Waals surface area contributed by atoms with Crippen LogP contribution >= 0.6 is 11.6 Å². The van der Waals surface area contributed by atoms with Crippen LogP contribution in [0.3, 0.4) is 0 Å². The number of rotatable bonds is 3. The summed E-state index contributed by atoms with van der Waals surface area (Å²) < 4.78 is 0. The minimum Gasteiger partial charge on any atom is -0.465 e. The van der Waals surface area contributed by atoms with E-state index in [2.05, 4.69) is 0 Å². The van der Waals surface area contributed by atoms with Crippen LogP contribution in [0.2, 0.25) is 5.02 Å². The van der Waals surface area contributed by atoms with Crippen molar-refractivity contribution in [3.8, 4) is 0 Å². The van der Waals surface area contributed by atoms with Crippen molar-refractivity contribution in [2.24, 2.45) is 0 Å². The fourth-order valence-electron chi connectivity index (χ4n) is 1.83. The van der Waals surface area contributed by atoms with Crippen LogP contribution in [0.5, 0.6) is 0 Å². The number of amides is 1. The topological polar surface area (TPSA) is 40.5 Å². The minimum atomic E-state index is -0.892. The SMILES string of the molecule is CC(CN(C(=O)O)C(C)(C)C)c1cccc(Cl)c1. The third kappa shape index (κ3) is 3.91. The molecule has 100 valence electrons. The molecule has 1 unspecified atom stereocenters. The predicted molar refractivity (Wildman–Crippen MR) is 74.4 cm³/mol. The highest BCUT2D eigenvalue weighted by atomic mass is 35.5. The van der Waals surface area contributed by atoms with Crippen molar-refractivity contribution in [2.45, 2.75) is 39.2 Å². The van der Waals surface area contributed by atoms with Gasteiger partial charge < -0.3 is 10.0 Å². The van der Waals surface area contributed by atoms with Gasteiger partial charge in [0, 0.05) is 17.1 Å². The molecule has 1 amide bonds. The van der Waals surface area contributed by atoms with E-state index < -0.39 is 11.6 Å².